The third-order valence-corrected chi connectivity index (χ3v) is 4.00. The molecule has 1 fully saturated rings. The lowest BCUT2D eigenvalue weighted by Crippen LogP contribution is -2.27. The predicted octanol–water partition coefficient (Wildman–Crippen LogP) is 1.99. The van der Waals surface area contributed by atoms with Gasteiger partial charge in [0, 0.05) is 37.2 Å². The maximum Gasteiger partial charge on any atom is 0.223 e. The summed E-state index contributed by atoms with van der Waals surface area (Å²) in [5.74, 6) is 1.69. The van der Waals surface area contributed by atoms with Crippen LogP contribution in [0.25, 0.3) is 0 Å². The molecule has 0 amide bonds. The van der Waals surface area contributed by atoms with E-state index >= 15 is 0 Å². The van der Waals surface area contributed by atoms with Crippen LogP contribution in [0.15, 0.2) is 29.7 Å². The van der Waals surface area contributed by atoms with Gasteiger partial charge in [-0.1, -0.05) is 11.8 Å². The molecular weight excluding hydrogens is 284 g/mol. The van der Waals surface area contributed by atoms with Crippen LogP contribution in [-0.4, -0.2) is 45.3 Å². The van der Waals surface area contributed by atoms with Gasteiger partial charge in [0.1, 0.15) is 5.82 Å². The Balaban J connectivity index is 1.65. The molecule has 2 aromatic rings. The summed E-state index contributed by atoms with van der Waals surface area (Å²) in [7, 11) is 0. The highest BCUT2D eigenvalue weighted by Crippen LogP contribution is 2.21. The highest BCUT2D eigenvalue weighted by molar-refractivity contribution is 7.98. The molecule has 1 aliphatic heterocycles. The molecule has 1 atom stereocenters. The van der Waals surface area contributed by atoms with Crippen LogP contribution in [-0.2, 0) is 0 Å². The van der Waals surface area contributed by atoms with Crippen LogP contribution in [0.4, 0.5) is 11.8 Å². The summed E-state index contributed by atoms with van der Waals surface area (Å²) in [5, 5.41) is 4.21. The molecule has 6 nitrogen and oxygen atoms in total. The van der Waals surface area contributed by atoms with Crippen LogP contribution in [0.3, 0.4) is 0 Å². The van der Waals surface area contributed by atoms with Crippen molar-refractivity contribution in [3.63, 3.8) is 0 Å². The third-order valence-electron chi connectivity index (χ3n) is 3.44. The van der Waals surface area contributed by atoms with Gasteiger partial charge < -0.3 is 10.2 Å². The van der Waals surface area contributed by atoms with Crippen molar-refractivity contribution in [2.45, 2.75) is 24.5 Å². The summed E-state index contributed by atoms with van der Waals surface area (Å²) in [6.07, 6.45) is 6.64. The second-order valence-corrected chi connectivity index (χ2v) is 5.77. The Morgan fingerprint density at radius 3 is 2.90 bits per heavy atom. The Labute approximate surface area is 128 Å². The zero-order chi connectivity index (χ0) is 14.7. The van der Waals surface area contributed by atoms with Crippen LogP contribution in [0.1, 0.15) is 12.1 Å². The first-order chi connectivity index (χ1) is 10.2. The summed E-state index contributed by atoms with van der Waals surface area (Å²) in [4.78, 5) is 19.7. The van der Waals surface area contributed by atoms with E-state index in [1.165, 1.54) is 0 Å². The van der Waals surface area contributed by atoms with E-state index in [-0.39, 0.29) is 0 Å². The molecular formula is C14H18N6S. The number of aromatic nitrogens is 4. The lowest BCUT2D eigenvalue weighted by Gasteiger charge is -2.18. The van der Waals surface area contributed by atoms with Gasteiger partial charge in [-0.25, -0.2) is 19.9 Å². The molecule has 1 aliphatic rings. The zero-order valence-corrected chi connectivity index (χ0v) is 13.0. The van der Waals surface area contributed by atoms with Gasteiger partial charge in [-0.15, -0.1) is 0 Å². The Kier molecular flexibility index (Phi) is 4.19. The summed E-state index contributed by atoms with van der Waals surface area (Å²) in [6, 6.07) is 4.21. The third kappa shape index (κ3) is 3.41. The van der Waals surface area contributed by atoms with E-state index in [4.69, 9.17) is 0 Å². The van der Waals surface area contributed by atoms with Gasteiger partial charge in [0.05, 0.1) is 0 Å². The molecule has 7 heteroatoms. The molecule has 0 bridgehead atoms. The highest BCUT2D eigenvalue weighted by Gasteiger charge is 2.24. The van der Waals surface area contributed by atoms with Crippen molar-refractivity contribution in [3.05, 3.63) is 30.2 Å². The largest absolute Gasteiger partial charge is 0.354 e. The highest BCUT2D eigenvalue weighted by atomic mass is 32.2. The fourth-order valence-electron chi connectivity index (χ4n) is 2.39. The van der Waals surface area contributed by atoms with E-state index in [2.05, 4.69) is 30.2 Å². The SMILES string of the molecule is CSc1nccc(N2CCC(Nc3nccc(C)n3)C2)n1. The topological polar surface area (TPSA) is 66.8 Å². The number of thioether (sulfide) groups is 1. The minimum Gasteiger partial charge on any atom is -0.354 e. The normalized spacial score (nSPS) is 18.0. The molecule has 1 unspecified atom stereocenters. The standard InChI is InChI=1S/C14H18N6S/c1-10-3-6-15-13(17-10)18-11-5-8-20(9-11)12-4-7-16-14(19-12)21-2/h3-4,6-7,11H,5,8-9H2,1-2H3,(H,15,17,18). The number of hydrogen-bond acceptors (Lipinski definition) is 7. The van der Waals surface area contributed by atoms with Gasteiger partial charge in [-0.3, -0.25) is 0 Å². The summed E-state index contributed by atoms with van der Waals surface area (Å²) in [5.41, 5.74) is 0.975. The van der Waals surface area contributed by atoms with Crippen molar-refractivity contribution >= 4 is 23.5 Å². The molecule has 3 rings (SSSR count). The smallest absolute Gasteiger partial charge is 0.223 e. The van der Waals surface area contributed by atoms with Crippen molar-refractivity contribution in [2.24, 2.45) is 0 Å². The molecule has 21 heavy (non-hydrogen) atoms. The first-order valence-corrected chi connectivity index (χ1v) is 8.15. The first kappa shape index (κ1) is 14.1. The Bertz CT molecular complexity index is 620. The molecule has 0 radical (unpaired) electrons. The molecule has 0 spiro atoms. The van der Waals surface area contributed by atoms with Crippen LogP contribution in [0.5, 0.6) is 0 Å². The molecule has 3 heterocycles. The van der Waals surface area contributed by atoms with Crippen LogP contribution >= 0.6 is 11.8 Å². The first-order valence-electron chi connectivity index (χ1n) is 6.93. The monoisotopic (exact) mass is 302 g/mol. The Hall–Kier alpha value is -1.89. The zero-order valence-electron chi connectivity index (χ0n) is 12.2. The van der Waals surface area contributed by atoms with Crippen LogP contribution in [0, 0.1) is 6.92 Å². The lowest BCUT2D eigenvalue weighted by atomic mass is 10.3. The number of aryl methyl sites for hydroxylation is 1. The average Bonchev–Trinajstić information content (AvgIpc) is 2.96. The van der Waals surface area contributed by atoms with Crippen LogP contribution < -0.4 is 10.2 Å². The molecule has 0 aliphatic carbocycles. The van der Waals surface area contributed by atoms with Crippen molar-refractivity contribution in [1.29, 1.82) is 0 Å². The van der Waals surface area contributed by atoms with Gasteiger partial charge in [0.2, 0.25) is 5.95 Å². The van der Waals surface area contributed by atoms with Crippen molar-refractivity contribution in [3.8, 4) is 0 Å². The minimum atomic E-state index is 0.347. The van der Waals surface area contributed by atoms with Gasteiger partial charge in [-0.05, 0) is 31.7 Å². The summed E-state index contributed by atoms with van der Waals surface area (Å²) >= 11 is 1.56. The molecule has 1 saturated heterocycles. The fourth-order valence-corrected chi connectivity index (χ4v) is 2.74. The van der Waals surface area contributed by atoms with Gasteiger partial charge in [-0.2, -0.15) is 0 Å². The molecule has 1 N–H and O–H groups in total. The number of nitrogens with zero attached hydrogens (tertiary/aromatic N) is 5. The van der Waals surface area contributed by atoms with Crippen molar-refractivity contribution in [1.82, 2.24) is 19.9 Å². The van der Waals surface area contributed by atoms with Gasteiger partial charge >= 0.3 is 0 Å². The van der Waals surface area contributed by atoms with Crippen molar-refractivity contribution < 1.29 is 0 Å². The summed E-state index contributed by atoms with van der Waals surface area (Å²) < 4.78 is 0. The maximum absolute atomic E-state index is 4.55. The van der Waals surface area contributed by atoms with E-state index in [1.54, 1.807) is 18.0 Å². The maximum atomic E-state index is 4.55. The molecule has 0 saturated carbocycles. The van der Waals surface area contributed by atoms with Gasteiger partial charge in [0.15, 0.2) is 5.16 Å². The van der Waals surface area contributed by atoms with E-state index < -0.39 is 0 Å². The van der Waals surface area contributed by atoms with Crippen molar-refractivity contribution in [2.75, 3.05) is 29.6 Å². The average molecular weight is 302 g/mol. The second-order valence-electron chi connectivity index (χ2n) is 5.00. The molecule has 2 aromatic heterocycles. The Morgan fingerprint density at radius 1 is 1.24 bits per heavy atom. The van der Waals surface area contributed by atoms with Gasteiger partial charge in [0.25, 0.3) is 0 Å². The minimum absolute atomic E-state index is 0.347. The summed E-state index contributed by atoms with van der Waals surface area (Å²) in [6.45, 7) is 3.86. The van der Waals surface area contributed by atoms with E-state index in [1.807, 2.05) is 31.5 Å². The molecule has 0 aromatic carbocycles. The number of hydrogen-bond donors (Lipinski definition) is 1. The predicted molar refractivity (Wildman–Crippen MR) is 84.8 cm³/mol. The van der Waals surface area contributed by atoms with E-state index in [9.17, 15) is 0 Å². The fraction of sp³-hybridized carbons (Fsp3) is 0.429. The quantitative estimate of drug-likeness (QED) is 0.684. The second kappa shape index (κ2) is 6.26. The number of nitrogens with one attached hydrogen (secondary N) is 1. The number of anilines is 2. The van der Waals surface area contributed by atoms with E-state index in [0.717, 1.165) is 36.2 Å². The van der Waals surface area contributed by atoms with Crippen LogP contribution in [0.2, 0.25) is 0 Å². The number of rotatable bonds is 4. The Morgan fingerprint density at radius 2 is 2.10 bits per heavy atom. The lowest BCUT2D eigenvalue weighted by molar-refractivity contribution is 0.788. The molecule has 110 valence electrons. The van der Waals surface area contributed by atoms with E-state index in [0.29, 0.717) is 12.0 Å².